The lowest BCUT2D eigenvalue weighted by molar-refractivity contribution is 0.0528. The van der Waals surface area contributed by atoms with Gasteiger partial charge in [0, 0.05) is 24.8 Å². The van der Waals surface area contributed by atoms with E-state index in [1.165, 1.54) is 0 Å². The van der Waals surface area contributed by atoms with Crippen LogP contribution in [0.2, 0.25) is 0 Å². The Morgan fingerprint density at radius 3 is 2.64 bits per heavy atom. The van der Waals surface area contributed by atoms with Crippen LogP contribution in [0.4, 0.5) is 10.7 Å². The normalized spacial score (nSPS) is 11.0. The molecule has 0 aliphatic rings. The van der Waals surface area contributed by atoms with Crippen LogP contribution in [0.3, 0.4) is 0 Å². The fourth-order valence-corrected chi connectivity index (χ4v) is 1.63. The van der Waals surface area contributed by atoms with Crippen LogP contribution in [0.15, 0.2) is 6.07 Å². The first kappa shape index (κ1) is 18.0. The number of alkyl carbamates (subject to hydrolysis) is 1. The Morgan fingerprint density at radius 2 is 2.00 bits per heavy atom. The van der Waals surface area contributed by atoms with Crippen LogP contribution in [0.25, 0.3) is 0 Å². The number of aryl methyl sites for hydroxylation is 1. The van der Waals surface area contributed by atoms with E-state index in [1.54, 1.807) is 6.07 Å². The molecule has 0 unspecified atom stereocenters. The fraction of sp³-hybridized carbons (Fsp3) is 0.667. The van der Waals surface area contributed by atoms with Gasteiger partial charge in [0.1, 0.15) is 5.60 Å². The third kappa shape index (κ3) is 7.66. The molecule has 1 aromatic heterocycles. The molecule has 124 valence electrons. The molecule has 0 bridgehead atoms. The molecular formula is C15H26N4O3. The SMILES string of the molecule is CCOc1cc(C)nc(NCCCNC(=O)OC(C)(C)C)n1. The van der Waals surface area contributed by atoms with Gasteiger partial charge in [0.25, 0.3) is 0 Å². The van der Waals surface area contributed by atoms with Crippen molar-refractivity contribution in [1.82, 2.24) is 15.3 Å². The number of anilines is 1. The largest absolute Gasteiger partial charge is 0.478 e. The van der Waals surface area contributed by atoms with Gasteiger partial charge in [0.2, 0.25) is 11.8 Å². The molecule has 0 spiro atoms. The maximum atomic E-state index is 11.5. The van der Waals surface area contributed by atoms with Gasteiger partial charge >= 0.3 is 6.09 Å². The van der Waals surface area contributed by atoms with Crippen molar-refractivity contribution in [2.24, 2.45) is 0 Å². The number of rotatable bonds is 7. The van der Waals surface area contributed by atoms with Crippen molar-refractivity contribution in [1.29, 1.82) is 0 Å². The number of ether oxygens (including phenoxy) is 2. The number of carbonyl (C=O) groups excluding carboxylic acids is 1. The molecule has 2 N–H and O–H groups in total. The van der Waals surface area contributed by atoms with Crippen molar-refractivity contribution in [2.75, 3.05) is 25.0 Å². The van der Waals surface area contributed by atoms with Crippen LogP contribution in [0.5, 0.6) is 5.88 Å². The van der Waals surface area contributed by atoms with Gasteiger partial charge in [0.05, 0.1) is 6.61 Å². The van der Waals surface area contributed by atoms with Gasteiger partial charge in [-0.1, -0.05) is 0 Å². The van der Waals surface area contributed by atoms with Crippen molar-refractivity contribution < 1.29 is 14.3 Å². The third-order valence-electron chi connectivity index (χ3n) is 2.43. The number of hydrogen-bond acceptors (Lipinski definition) is 6. The van der Waals surface area contributed by atoms with Crippen LogP contribution in [0, 0.1) is 6.92 Å². The lowest BCUT2D eigenvalue weighted by Crippen LogP contribution is -2.33. The van der Waals surface area contributed by atoms with Gasteiger partial charge in [-0.25, -0.2) is 9.78 Å². The Labute approximate surface area is 131 Å². The number of nitrogens with zero attached hydrogens (tertiary/aromatic N) is 2. The number of amides is 1. The van der Waals surface area contributed by atoms with Crippen molar-refractivity contribution in [3.63, 3.8) is 0 Å². The summed E-state index contributed by atoms with van der Waals surface area (Å²) in [5, 5.41) is 5.81. The summed E-state index contributed by atoms with van der Waals surface area (Å²) in [4.78, 5) is 20.0. The third-order valence-corrected chi connectivity index (χ3v) is 2.43. The van der Waals surface area contributed by atoms with E-state index in [1.807, 2.05) is 34.6 Å². The zero-order valence-electron chi connectivity index (χ0n) is 14.0. The van der Waals surface area contributed by atoms with Gasteiger partial charge in [-0.15, -0.1) is 0 Å². The van der Waals surface area contributed by atoms with E-state index in [4.69, 9.17) is 9.47 Å². The van der Waals surface area contributed by atoms with Crippen LogP contribution in [-0.4, -0.2) is 41.4 Å². The second kappa shape index (κ2) is 8.41. The van der Waals surface area contributed by atoms with Crippen LogP contribution >= 0.6 is 0 Å². The molecule has 7 nitrogen and oxygen atoms in total. The van der Waals surface area contributed by atoms with Gasteiger partial charge in [-0.3, -0.25) is 0 Å². The van der Waals surface area contributed by atoms with E-state index in [2.05, 4.69) is 20.6 Å². The minimum absolute atomic E-state index is 0.405. The molecule has 7 heteroatoms. The second-order valence-corrected chi connectivity index (χ2v) is 5.81. The zero-order chi connectivity index (χ0) is 16.6. The molecule has 1 aromatic rings. The standard InChI is InChI=1S/C15H26N4O3/c1-6-21-12-10-11(2)18-13(19-12)16-8-7-9-17-14(20)22-15(3,4)5/h10H,6-9H2,1-5H3,(H,17,20)(H,16,18,19). The first-order chi connectivity index (χ1) is 10.3. The van der Waals surface area contributed by atoms with E-state index < -0.39 is 11.7 Å². The Kier molecular flexibility index (Phi) is 6.88. The topological polar surface area (TPSA) is 85.4 Å². The molecule has 0 aliphatic carbocycles. The van der Waals surface area contributed by atoms with E-state index in [9.17, 15) is 4.79 Å². The summed E-state index contributed by atoms with van der Waals surface area (Å²) >= 11 is 0. The number of hydrogen-bond donors (Lipinski definition) is 2. The van der Waals surface area contributed by atoms with Gasteiger partial charge < -0.3 is 20.1 Å². The first-order valence-corrected chi connectivity index (χ1v) is 7.49. The Morgan fingerprint density at radius 1 is 1.27 bits per heavy atom. The number of carbonyl (C=O) groups is 1. The average Bonchev–Trinajstić information content (AvgIpc) is 2.36. The highest BCUT2D eigenvalue weighted by atomic mass is 16.6. The Hall–Kier alpha value is -2.05. The summed E-state index contributed by atoms with van der Waals surface area (Å²) in [6.07, 6.45) is 0.332. The quantitative estimate of drug-likeness (QED) is 0.753. The van der Waals surface area contributed by atoms with Crippen LogP contribution in [0.1, 0.15) is 39.8 Å². The lowest BCUT2D eigenvalue weighted by Gasteiger charge is -2.19. The van der Waals surface area contributed by atoms with Gasteiger partial charge in [-0.05, 0) is 41.0 Å². The molecule has 0 aliphatic heterocycles. The Balaban J connectivity index is 2.29. The summed E-state index contributed by atoms with van der Waals surface area (Å²) in [5.74, 6) is 1.09. The zero-order valence-corrected chi connectivity index (χ0v) is 14.0. The monoisotopic (exact) mass is 310 g/mol. The molecule has 0 radical (unpaired) electrons. The van der Waals surface area contributed by atoms with Crippen molar-refractivity contribution in [3.05, 3.63) is 11.8 Å². The van der Waals surface area contributed by atoms with E-state index in [-0.39, 0.29) is 0 Å². The van der Waals surface area contributed by atoms with E-state index >= 15 is 0 Å². The van der Waals surface area contributed by atoms with Crippen LogP contribution in [-0.2, 0) is 4.74 Å². The molecular weight excluding hydrogens is 284 g/mol. The maximum absolute atomic E-state index is 11.5. The predicted octanol–water partition coefficient (Wildman–Crippen LogP) is 2.51. The minimum atomic E-state index is -0.479. The second-order valence-electron chi connectivity index (χ2n) is 5.81. The first-order valence-electron chi connectivity index (χ1n) is 7.49. The molecule has 0 aromatic carbocycles. The summed E-state index contributed by atoms with van der Waals surface area (Å²) in [5.41, 5.74) is 0.362. The molecule has 0 saturated carbocycles. The molecule has 0 saturated heterocycles. The summed E-state index contributed by atoms with van der Waals surface area (Å²) < 4.78 is 10.5. The van der Waals surface area contributed by atoms with Crippen molar-refractivity contribution in [2.45, 2.75) is 46.6 Å². The van der Waals surface area contributed by atoms with Crippen molar-refractivity contribution in [3.8, 4) is 5.88 Å². The fourth-order valence-electron chi connectivity index (χ4n) is 1.63. The van der Waals surface area contributed by atoms with Crippen molar-refractivity contribution >= 4 is 12.0 Å². The number of nitrogens with one attached hydrogen (secondary N) is 2. The molecule has 1 heterocycles. The summed E-state index contributed by atoms with van der Waals surface area (Å²) in [6.45, 7) is 11.0. The smallest absolute Gasteiger partial charge is 0.407 e. The lowest BCUT2D eigenvalue weighted by atomic mass is 10.2. The number of aromatic nitrogens is 2. The highest BCUT2D eigenvalue weighted by Crippen LogP contribution is 2.11. The molecule has 1 amide bonds. The van der Waals surface area contributed by atoms with Gasteiger partial charge in [0.15, 0.2) is 0 Å². The Bertz CT molecular complexity index is 486. The molecule has 0 atom stereocenters. The molecule has 1 rings (SSSR count). The summed E-state index contributed by atoms with van der Waals surface area (Å²) in [6, 6.07) is 1.79. The molecule has 0 fully saturated rings. The van der Waals surface area contributed by atoms with Crippen LogP contribution < -0.4 is 15.4 Å². The highest BCUT2D eigenvalue weighted by molar-refractivity contribution is 5.67. The molecule has 22 heavy (non-hydrogen) atoms. The minimum Gasteiger partial charge on any atom is -0.478 e. The summed E-state index contributed by atoms with van der Waals surface area (Å²) in [7, 11) is 0. The van der Waals surface area contributed by atoms with Gasteiger partial charge in [-0.2, -0.15) is 4.98 Å². The predicted molar refractivity (Wildman–Crippen MR) is 85.3 cm³/mol. The maximum Gasteiger partial charge on any atom is 0.407 e. The highest BCUT2D eigenvalue weighted by Gasteiger charge is 2.15. The van der Waals surface area contributed by atoms with E-state index in [0.717, 1.165) is 12.1 Å². The van der Waals surface area contributed by atoms with E-state index in [0.29, 0.717) is 31.5 Å². The average molecular weight is 310 g/mol.